The summed E-state index contributed by atoms with van der Waals surface area (Å²) in [5.41, 5.74) is 8.32. The molecule has 3 rings (SSSR count). The number of ether oxygens (including phenoxy) is 1. The molecule has 0 amide bonds. The van der Waals surface area contributed by atoms with Gasteiger partial charge in [0.25, 0.3) is 0 Å². The van der Waals surface area contributed by atoms with Gasteiger partial charge in [0.2, 0.25) is 0 Å². The van der Waals surface area contributed by atoms with Crippen molar-refractivity contribution in [2.24, 2.45) is 0 Å². The smallest absolute Gasteiger partial charge is 0.162 e. The zero-order valence-electron chi connectivity index (χ0n) is 13.2. The van der Waals surface area contributed by atoms with Crippen LogP contribution in [0.3, 0.4) is 0 Å². The molecule has 2 N–H and O–H groups in total. The van der Waals surface area contributed by atoms with E-state index in [1.54, 1.807) is 7.11 Å². The van der Waals surface area contributed by atoms with Crippen LogP contribution >= 0.6 is 0 Å². The third kappa shape index (κ3) is 2.91. The van der Waals surface area contributed by atoms with Crippen LogP contribution in [0.5, 0.6) is 0 Å². The quantitative estimate of drug-likeness (QED) is 0.668. The number of rotatable bonds is 2. The fourth-order valence-corrected chi connectivity index (χ4v) is 3.82. The number of hydrogen-bond donors (Lipinski definition) is 1. The van der Waals surface area contributed by atoms with Gasteiger partial charge in [0.1, 0.15) is 11.4 Å². The van der Waals surface area contributed by atoms with Crippen molar-refractivity contribution < 1.29 is 4.74 Å². The summed E-state index contributed by atoms with van der Waals surface area (Å²) in [7, 11) is 1.80. The standard InChI is InChI=1S/C17H27N3O/c1-21-17(11-7-2-3-8-12-17)16-19-14-10-6-4-5-9-13(14)15(18)20-16/h2-12H2,1H3,(H2,18,19,20). The van der Waals surface area contributed by atoms with Crippen LogP contribution < -0.4 is 5.73 Å². The first-order valence-corrected chi connectivity index (χ1v) is 8.46. The predicted octanol–water partition coefficient (Wildman–Crippen LogP) is 3.52. The molecule has 0 aliphatic heterocycles. The normalized spacial score (nSPS) is 22.1. The van der Waals surface area contributed by atoms with E-state index in [2.05, 4.69) is 4.98 Å². The van der Waals surface area contributed by atoms with E-state index in [1.807, 2.05) is 0 Å². The first-order valence-electron chi connectivity index (χ1n) is 8.46. The fourth-order valence-electron chi connectivity index (χ4n) is 3.82. The Morgan fingerprint density at radius 2 is 1.57 bits per heavy atom. The fraction of sp³-hybridized carbons (Fsp3) is 0.765. The van der Waals surface area contributed by atoms with E-state index in [0.29, 0.717) is 5.82 Å². The molecule has 0 saturated heterocycles. The minimum Gasteiger partial charge on any atom is -0.383 e. The number of nitrogen functional groups attached to an aromatic ring is 1. The molecule has 1 fully saturated rings. The van der Waals surface area contributed by atoms with Crippen molar-refractivity contribution in [1.29, 1.82) is 0 Å². The van der Waals surface area contributed by atoms with Crippen molar-refractivity contribution in [3.05, 3.63) is 17.1 Å². The molecule has 2 aliphatic rings. The van der Waals surface area contributed by atoms with Crippen molar-refractivity contribution in [3.8, 4) is 0 Å². The average molecular weight is 289 g/mol. The summed E-state index contributed by atoms with van der Waals surface area (Å²) in [5.74, 6) is 1.53. The summed E-state index contributed by atoms with van der Waals surface area (Å²) >= 11 is 0. The van der Waals surface area contributed by atoms with Crippen molar-refractivity contribution >= 4 is 5.82 Å². The minimum absolute atomic E-state index is 0.314. The lowest BCUT2D eigenvalue weighted by molar-refractivity contribution is -0.0352. The van der Waals surface area contributed by atoms with Crippen LogP contribution in [-0.4, -0.2) is 17.1 Å². The molecule has 0 aromatic carbocycles. The zero-order chi connectivity index (χ0) is 14.7. The Balaban J connectivity index is 2.00. The molecule has 0 atom stereocenters. The third-order valence-corrected chi connectivity index (χ3v) is 5.17. The van der Waals surface area contributed by atoms with Crippen molar-refractivity contribution in [2.45, 2.75) is 76.2 Å². The van der Waals surface area contributed by atoms with E-state index < -0.39 is 0 Å². The number of anilines is 1. The maximum Gasteiger partial charge on any atom is 0.162 e. The average Bonchev–Trinajstić information content (AvgIpc) is 2.88. The molecule has 4 heteroatoms. The lowest BCUT2D eigenvalue weighted by Crippen LogP contribution is -2.31. The molecular weight excluding hydrogens is 262 g/mol. The summed E-state index contributed by atoms with van der Waals surface area (Å²) < 4.78 is 5.94. The Hall–Kier alpha value is -1.16. The van der Waals surface area contributed by atoms with Gasteiger partial charge in [0, 0.05) is 18.4 Å². The zero-order valence-corrected chi connectivity index (χ0v) is 13.2. The van der Waals surface area contributed by atoms with Gasteiger partial charge in [-0.1, -0.05) is 32.1 Å². The highest BCUT2D eigenvalue weighted by atomic mass is 16.5. The van der Waals surface area contributed by atoms with Gasteiger partial charge in [-0.25, -0.2) is 9.97 Å². The molecular formula is C17H27N3O. The Morgan fingerprint density at radius 1 is 0.905 bits per heavy atom. The third-order valence-electron chi connectivity index (χ3n) is 5.17. The molecule has 1 heterocycles. The van der Waals surface area contributed by atoms with Gasteiger partial charge in [-0.2, -0.15) is 0 Å². The molecule has 0 spiro atoms. The van der Waals surface area contributed by atoms with Crippen LogP contribution in [0.15, 0.2) is 0 Å². The number of aryl methyl sites for hydroxylation is 1. The number of nitrogens with two attached hydrogens (primary N) is 1. The van der Waals surface area contributed by atoms with Crippen molar-refractivity contribution in [1.82, 2.24) is 9.97 Å². The van der Waals surface area contributed by atoms with Gasteiger partial charge in [-0.05, 0) is 38.5 Å². The van der Waals surface area contributed by atoms with Crippen LogP contribution in [0.2, 0.25) is 0 Å². The van der Waals surface area contributed by atoms with Gasteiger partial charge < -0.3 is 10.5 Å². The van der Waals surface area contributed by atoms with Crippen LogP contribution in [0, 0.1) is 0 Å². The summed E-state index contributed by atoms with van der Waals surface area (Å²) in [6.45, 7) is 0. The van der Waals surface area contributed by atoms with E-state index in [4.69, 9.17) is 15.5 Å². The molecule has 0 radical (unpaired) electrons. The number of methoxy groups -OCH3 is 1. The molecule has 0 bridgehead atoms. The highest BCUT2D eigenvalue weighted by molar-refractivity contribution is 5.43. The second-order valence-electron chi connectivity index (χ2n) is 6.53. The van der Waals surface area contributed by atoms with Gasteiger partial charge in [-0.15, -0.1) is 0 Å². The lowest BCUT2D eigenvalue weighted by atomic mass is 9.92. The largest absolute Gasteiger partial charge is 0.383 e. The highest BCUT2D eigenvalue weighted by Crippen LogP contribution is 2.38. The van der Waals surface area contributed by atoms with E-state index in [0.717, 1.165) is 31.5 Å². The van der Waals surface area contributed by atoms with E-state index in [-0.39, 0.29) is 5.60 Å². The lowest BCUT2D eigenvalue weighted by Gasteiger charge is -2.30. The van der Waals surface area contributed by atoms with Crippen LogP contribution in [0.4, 0.5) is 5.82 Å². The van der Waals surface area contributed by atoms with E-state index in [1.165, 1.54) is 56.2 Å². The predicted molar refractivity (Wildman–Crippen MR) is 84.1 cm³/mol. The summed E-state index contributed by atoms with van der Waals surface area (Å²) in [4.78, 5) is 9.60. The molecule has 21 heavy (non-hydrogen) atoms. The molecule has 116 valence electrons. The molecule has 4 nitrogen and oxygen atoms in total. The monoisotopic (exact) mass is 289 g/mol. The number of nitrogens with zero attached hydrogens (tertiary/aromatic N) is 2. The number of fused-ring (bicyclic) bond motifs is 1. The number of hydrogen-bond acceptors (Lipinski definition) is 4. The summed E-state index contributed by atoms with van der Waals surface area (Å²) in [6.07, 6.45) is 12.7. The van der Waals surface area contributed by atoms with Gasteiger partial charge in [0.05, 0.1) is 0 Å². The molecule has 1 aromatic rings. The van der Waals surface area contributed by atoms with Gasteiger partial charge in [0.15, 0.2) is 5.82 Å². The number of aromatic nitrogens is 2. The highest BCUT2D eigenvalue weighted by Gasteiger charge is 2.36. The minimum atomic E-state index is -0.314. The van der Waals surface area contributed by atoms with Crippen LogP contribution in [0.25, 0.3) is 0 Å². The molecule has 0 unspecified atom stereocenters. The topological polar surface area (TPSA) is 61.0 Å². The van der Waals surface area contributed by atoms with Crippen molar-refractivity contribution in [3.63, 3.8) is 0 Å². The SMILES string of the molecule is COC1(c2nc(N)c3c(n2)CCCCC3)CCCCCC1. The Bertz CT molecular complexity index is 493. The Labute approximate surface area is 127 Å². The first-order chi connectivity index (χ1) is 10.2. The van der Waals surface area contributed by atoms with E-state index >= 15 is 0 Å². The van der Waals surface area contributed by atoms with E-state index in [9.17, 15) is 0 Å². The molecule has 1 aromatic heterocycles. The van der Waals surface area contributed by atoms with Crippen LogP contribution in [0.1, 0.15) is 74.9 Å². The summed E-state index contributed by atoms with van der Waals surface area (Å²) in [5, 5.41) is 0. The maximum atomic E-state index is 6.26. The second-order valence-corrected chi connectivity index (χ2v) is 6.53. The molecule has 2 aliphatic carbocycles. The second kappa shape index (κ2) is 6.30. The van der Waals surface area contributed by atoms with Gasteiger partial charge >= 0.3 is 0 Å². The Morgan fingerprint density at radius 3 is 2.29 bits per heavy atom. The summed E-state index contributed by atoms with van der Waals surface area (Å²) in [6, 6.07) is 0. The molecule has 1 saturated carbocycles. The first kappa shape index (κ1) is 14.8. The van der Waals surface area contributed by atoms with Crippen molar-refractivity contribution in [2.75, 3.05) is 12.8 Å². The maximum absolute atomic E-state index is 6.26. The van der Waals surface area contributed by atoms with Gasteiger partial charge in [-0.3, -0.25) is 0 Å². The van der Waals surface area contributed by atoms with Crippen LogP contribution in [-0.2, 0) is 23.2 Å². The Kier molecular flexibility index (Phi) is 4.43.